The molecule has 0 aromatic rings. The van der Waals surface area contributed by atoms with E-state index in [4.69, 9.17) is 4.74 Å². The monoisotopic (exact) mass is 233 g/mol. The zero-order chi connectivity index (χ0) is 10.4. The minimum atomic E-state index is -0.357. The Hall–Kier alpha value is -0.290. The average molecular weight is 233 g/mol. The van der Waals surface area contributed by atoms with Crippen LogP contribution in [0.3, 0.4) is 0 Å². The Balaban J connectivity index is 2.45. The maximum Gasteiger partial charge on any atom is 0.411 e. The molecule has 0 aromatic carbocycles. The number of ether oxygens (including phenoxy) is 1. The van der Waals surface area contributed by atoms with Crippen molar-refractivity contribution in [1.29, 1.82) is 0 Å². The number of carbonyl (C=O) groups excluding carboxylic acids is 1. The van der Waals surface area contributed by atoms with Gasteiger partial charge in [0.1, 0.15) is 0 Å². The van der Waals surface area contributed by atoms with Crippen LogP contribution in [0.25, 0.3) is 0 Å². The molecule has 0 aromatic heterocycles. The van der Waals surface area contributed by atoms with Crippen LogP contribution in [0.1, 0.15) is 20.3 Å². The molecule has 0 bridgehead atoms. The Kier molecular flexibility index (Phi) is 5.25. The van der Waals surface area contributed by atoms with Crippen LogP contribution in [0.5, 0.6) is 0 Å². The number of carbonyl (C=O) groups is 1. The zero-order valence-corrected chi connectivity index (χ0v) is 10.1. The molecule has 5 heteroatoms. The summed E-state index contributed by atoms with van der Waals surface area (Å²) in [7, 11) is 0. The van der Waals surface area contributed by atoms with E-state index in [0.717, 1.165) is 17.2 Å². The van der Waals surface area contributed by atoms with Crippen molar-refractivity contribution in [2.45, 2.75) is 20.3 Å². The SMILES string of the molecule is CCOC(=O)NC(C)=C1SCCCS1. The Morgan fingerprint density at radius 2 is 2.14 bits per heavy atom. The largest absolute Gasteiger partial charge is 0.450 e. The minimum Gasteiger partial charge on any atom is -0.450 e. The standard InChI is InChI=1S/C9H15NO2S2/c1-3-12-9(11)10-7(2)8-13-5-4-6-14-8/h3-6H2,1-2H3,(H,10,11). The van der Waals surface area contributed by atoms with Gasteiger partial charge in [-0.3, -0.25) is 5.32 Å². The highest BCUT2D eigenvalue weighted by atomic mass is 32.2. The molecule has 0 radical (unpaired) electrons. The smallest absolute Gasteiger partial charge is 0.411 e. The van der Waals surface area contributed by atoms with Gasteiger partial charge in [-0.25, -0.2) is 4.79 Å². The molecule has 1 heterocycles. The third-order valence-electron chi connectivity index (χ3n) is 1.63. The molecule has 0 aliphatic carbocycles. The Labute approximate surface area is 93.0 Å². The van der Waals surface area contributed by atoms with E-state index in [9.17, 15) is 4.79 Å². The van der Waals surface area contributed by atoms with Gasteiger partial charge < -0.3 is 4.74 Å². The second kappa shape index (κ2) is 6.24. The van der Waals surface area contributed by atoms with Crippen molar-refractivity contribution in [2.75, 3.05) is 18.1 Å². The second-order valence-corrected chi connectivity index (χ2v) is 5.28. The fraction of sp³-hybridized carbons (Fsp3) is 0.667. The Bertz CT molecular complexity index is 233. The molecular formula is C9H15NO2S2. The van der Waals surface area contributed by atoms with Crippen LogP contribution in [0.4, 0.5) is 4.79 Å². The summed E-state index contributed by atoms with van der Waals surface area (Å²) in [5.74, 6) is 2.29. The van der Waals surface area contributed by atoms with E-state index < -0.39 is 0 Å². The van der Waals surface area contributed by atoms with E-state index in [-0.39, 0.29) is 6.09 Å². The van der Waals surface area contributed by atoms with Gasteiger partial charge in [0.25, 0.3) is 0 Å². The van der Waals surface area contributed by atoms with Crippen molar-refractivity contribution in [1.82, 2.24) is 5.32 Å². The molecule has 1 aliphatic rings. The molecule has 80 valence electrons. The van der Waals surface area contributed by atoms with Gasteiger partial charge in [0.15, 0.2) is 0 Å². The van der Waals surface area contributed by atoms with E-state index in [0.29, 0.717) is 6.61 Å². The first kappa shape index (κ1) is 11.8. The molecule has 0 unspecified atom stereocenters. The van der Waals surface area contributed by atoms with Crippen LogP contribution < -0.4 is 5.32 Å². The van der Waals surface area contributed by atoms with Crippen LogP contribution in [0, 0.1) is 0 Å². The molecule has 0 spiro atoms. The lowest BCUT2D eigenvalue weighted by molar-refractivity contribution is 0.155. The van der Waals surface area contributed by atoms with Crippen molar-refractivity contribution >= 4 is 29.6 Å². The first-order valence-corrected chi connectivity index (χ1v) is 6.61. The van der Waals surface area contributed by atoms with Crippen molar-refractivity contribution in [3.63, 3.8) is 0 Å². The number of amides is 1. The summed E-state index contributed by atoms with van der Waals surface area (Å²) >= 11 is 3.61. The summed E-state index contributed by atoms with van der Waals surface area (Å²) in [6.07, 6.45) is 0.884. The summed E-state index contributed by atoms with van der Waals surface area (Å²) in [5.41, 5.74) is 0.915. The van der Waals surface area contributed by atoms with Crippen LogP contribution in [-0.2, 0) is 4.74 Å². The quantitative estimate of drug-likeness (QED) is 0.796. The number of hydrogen-bond acceptors (Lipinski definition) is 4. The van der Waals surface area contributed by atoms with E-state index >= 15 is 0 Å². The highest BCUT2D eigenvalue weighted by molar-refractivity contribution is 8.22. The molecular weight excluding hydrogens is 218 g/mol. The van der Waals surface area contributed by atoms with Crippen molar-refractivity contribution in [3.05, 3.63) is 9.93 Å². The average Bonchev–Trinajstić information content (AvgIpc) is 2.19. The predicted molar refractivity (Wildman–Crippen MR) is 62.4 cm³/mol. The summed E-state index contributed by atoms with van der Waals surface area (Å²) in [6.45, 7) is 4.12. The molecule has 1 N–H and O–H groups in total. The van der Waals surface area contributed by atoms with E-state index in [1.54, 1.807) is 30.4 Å². The van der Waals surface area contributed by atoms with Crippen LogP contribution in [0.15, 0.2) is 9.93 Å². The fourth-order valence-electron chi connectivity index (χ4n) is 1.02. The predicted octanol–water partition coefficient (Wildman–Crippen LogP) is 2.79. The lowest BCUT2D eigenvalue weighted by atomic mass is 10.5. The molecule has 1 saturated heterocycles. The summed E-state index contributed by atoms with van der Waals surface area (Å²) in [5, 5.41) is 2.73. The summed E-state index contributed by atoms with van der Waals surface area (Å²) < 4.78 is 6.01. The van der Waals surface area contributed by atoms with Gasteiger partial charge in [-0.2, -0.15) is 0 Å². The lowest BCUT2D eigenvalue weighted by Crippen LogP contribution is -2.23. The van der Waals surface area contributed by atoms with Crippen LogP contribution in [-0.4, -0.2) is 24.2 Å². The minimum absolute atomic E-state index is 0.357. The van der Waals surface area contributed by atoms with Gasteiger partial charge in [0, 0.05) is 5.70 Å². The van der Waals surface area contributed by atoms with Gasteiger partial charge in [-0.05, 0) is 31.8 Å². The Morgan fingerprint density at radius 3 is 2.71 bits per heavy atom. The molecule has 1 rings (SSSR count). The molecule has 1 amide bonds. The molecule has 0 saturated carbocycles. The molecule has 1 fully saturated rings. The fourth-order valence-corrected chi connectivity index (χ4v) is 3.52. The highest BCUT2D eigenvalue weighted by Crippen LogP contribution is 2.36. The lowest BCUT2D eigenvalue weighted by Gasteiger charge is -2.16. The maximum atomic E-state index is 11.1. The Morgan fingerprint density at radius 1 is 1.50 bits per heavy atom. The molecule has 1 aliphatic heterocycles. The number of hydrogen-bond donors (Lipinski definition) is 1. The van der Waals surface area contributed by atoms with Gasteiger partial charge in [0.05, 0.1) is 10.8 Å². The maximum absolute atomic E-state index is 11.1. The van der Waals surface area contributed by atoms with Gasteiger partial charge >= 0.3 is 6.09 Å². The number of alkyl carbamates (subject to hydrolysis) is 1. The second-order valence-electron chi connectivity index (χ2n) is 2.81. The molecule has 0 atom stereocenters. The highest BCUT2D eigenvalue weighted by Gasteiger charge is 2.11. The van der Waals surface area contributed by atoms with Gasteiger partial charge in [0.2, 0.25) is 0 Å². The third kappa shape index (κ3) is 3.84. The first-order valence-electron chi connectivity index (χ1n) is 4.64. The normalized spacial score (nSPS) is 16.3. The summed E-state index contributed by atoms with van der Waals surface area (Å²) in [4.78, 5) is 11.1. The number of allylic oxidation sites excluding steroid dienone is 1. The van der Waals surface area contributed by atoms with Crippen LogP contribution in [0.2, 0.25) is 0 Å². The number of nitrogens with one attached hydrogen (secondary N) is 1. The van der Waals surface area contributed by atoms with E-state index in [1.165, 1.54) is 10.7 Å². The first-order chi connectivity index (χ1) is 6.74. The van der Waals surface area contributed by atoms with E-state index in [2.05, 4.69) is 5.32 Å². The summed E-state index contributed by atoms with van der Waals surface area (Å²) in [6, 6.07) is 0. The number of rotatable bonds is 2. The van der Waals surface area contributed by atoms with Crippen molar-refractivity contribution < 1.29 is 9.53 Å². The molecule has 14 heavy (non-hydrogen) atoms. The zero-order valence-electron chi connectivity index (χ0n) is 8.46. The van der Waals surface area contributed by atoms with E-state index in [1.807, 2.05) is 6.92 Å². The van der Waals surface area contributed by atoms with Crippen molar-refractivity contribution in [2.24, 2.45) is 0 Å². The topological polar surface area (TPSA) is 38.3 Å². The van der Waals surface area contributed by atoms with Gasteiger partial charge in [-0.15, -0.1) is 23.5 Å². The van der Waals surface area contributed by atoms with Crippen LogP contribution >= 0.6 is 23.5 Å². The third-order valence-corrected chi connectivity index (χ3v) is 4.46. The van der Waals surface area contributed by atoms with Crippen molar-refractivity contribution in [3.8, 4) is 0 Å². The van der Waals surface area contributed by atoms with Gasteiger partial charge in [-0.1, -0.05) is 0 Å². The molecule has 3 nitrogen and oxygen atoms in total. The number of thioether (sulfide) groups is 2.